The van der Waals surface area contributed by atoms with Crippen LogP contribution in [0.1, 0.15) is 52.2 Å². The maximum Gasteiger partial charge on any atom is 0.252 e. The van der Waals surface area contributed by atoms with Crippen LogP contribution in [0.3, 0.4) is 0 Å². The third-order valence-electron chi connectivity index (χ3n) is 5.13. The van der Waals surface area contributed by atoms with Crippen LogP contribution in [0.5, 0.6) is 0 Å². The maximum atomic E-state index is 13.1. The molecule has 0 unspecified atom stereocenters. The Bertz CT molecular complexity index is 1230. The molecule has 9 heteroatoms. The van der Waals surface area contributed by atoms with Crippen molar-refractivity contribution < 1.29 is 9.32 Å². The second kappa shape index (κ2) is 7.33. The summed E-state index contributed by atoms with van der Waals surface area (Å²) in [5.74, 6) is 2.00. The van der Waals surface area contributed by atoms with Crippen molar-refractivity contribution in [3.8, 4) is 5.82 Å². The van der Waals surface area contributed by atoms with Crippen LogP contribution in [-0.2, 0) is 6.42 Å². The minimum Gasteiger partial charge on any atom is -0.351 e. The van der Waals surface area contributed by atoms with E-state index in [-0.39, 0.29) is 5.91 Å². The number of aryl methyl sites for hydroxylation is 2. The van der Waals surface area contributed by atoms with Crippen molar-refractivity contribution in [2.75, 3.05) is 6.54 Å². The fourth-order valence-corrected chi connectivity index (χ4v) is 3.53. The van der Waals surface area contributed by atoms with Crippen LogP contribution in [0, 0.1) is 13.8 Å². The summed E-state index contributed by atoms with van der Waals surface area (Å²) in [5.41, 5.74) is 2.91. The molecular formula is C21H21N7O2. The first-order chi connectivity index (χ1) is 14.6. The van der Waals surface area contributed by atoms with E-state index in [4.69, 9.17) is 9.51 Å². The van der Waals surface area contributed by atoms with Crippen molar-refractivity contribution in [1.82, 2.24) is 35.2 Å². The predicted molar refractivity (Wildman–Crippen MR) is 108 cm³/mol. The molecule has 4 heterocycles. The average Bonchev–Trinajstić information content (AvgIpc) is 3.45. The lowest BCUT2D eigenvalue weighted by atomic mass is 10.1. The van der Waals surface area contributed by atoms with Crippen molar-refractivity contribution in [3.05, 3.63) is 59.1 Å². The van der Waals surface area contributed by atoms with E-state index in [1.54, 1.807) is 17.8 Å². The number of rotatable bonds is 6. The molecule has 4 aromatic heterocycles. The summed E-state index contributed by atoms with van der Waals surface area (Å²) in [6, 6.07) is 7.55. The molecule has 0 bridgehead atoms. The molecule has 0 aromatic carbocycles. The van der Waals surface area contributed by atoms with Gasteiger partial charge < -0.3 is 9.84 Å². The fourth-order valence-electron chi connectivity index (χ4n) is 3.53. The molecule has 9 nitrogen and oxygen atoms in total. The van der Waals surface area contributed by atoms with E-state index < -0.39 is 0 Å². The smallest absolute Gasteiger partial charge is 0.252 e. The van der Waals surface area contributed by atoms with Gasteiger partial charge in [-0.05, 0) is 44.9 Å². The quantitative estimate of drug-likeness (QED) is 0.527. The summed E-state index contributed by atoms with van der Waals surface area (Å²) in [6.45, 7) is 4.05. The van der Waals surface area contributed by atoms with Crippen molar-refractivity contribution in [2.45, 2.75) is 39.0 Å². The van der Waals surface area contributed by atoms with Crippen molar-refractivity contribution >= 4 is 16.9 Å². The van der Waals surface area contributed by atoms with Crippen molar-refractivity contribution in [2.24, 2.45) is 0 Å². The lowest BCUT2D eigenvalue weighted by molar-refractivity contribution is 0.0955. The molecule has 0 saturated heterocycles. The molecular weight excluding hydrogens is 382 g/mol. The van der Waals surface area contributed by atoms with Gasteiger partial charge in [-0.15, -0.1) is 0 Å². The number of hydrogen-bond donors (Lipinski definition) is 1. The second-order valence-electron chi connectivity index (χ2n) is 7.49. The zero-order valence-electron chi connectivity index (χ0n) is 16.8. The minimum absolute atomic E-state index is 0.163. The van der Waals surface area contributed by atoms with Crippen LogP contribution in [0.25, 0.3) is 16.9 Å². The first-order valence-electron chi connectivity index (χ1n) is 9.99. The number of carbonyl (C=O) groups excluding carboxylic acids is 1. The molecule has 0 atom stereocenters. The largest absolute Gasteiger partial charge is 0.351 e. The topological polar surface area (TPSA) is 112 Å². The van der Waals surface area contributed by atoms with Gasteiger partial charge >= 0.3 is 0 Å². The van der Waals surface area contributed by atoms with Crippen LogP contribution < -0.4 is 5.32 Å². The fraction of sp³-hybridized carbons (Fsp3) is 0.333. The molecule has 1 amide bonds. The van der Waals surface area contributed by atoms with Crippen LogP contribution in [-0.4, -0.2) is 42.3 Å². The number of pyridine rings is 2. The van der Waals surface area contributed by atoms with Crippen LogP contribution in [0.4, 0.5) is 0 Å². The molecule has 1 aliphatic carbocycles. The van der Waals surface area contributed by atoms with E-state index in [0.717, 1.165) is 29.6 Å². The van der Waals surface area contributed by atoms with Gasteiger partial charge in [0.2, 0.25) is 5.89 Å². The Labute approximate surface area is 172 Å². The number of nitrogens with zero attached hydrogens (tertiary/aromatic N) is 6. The highest BCUT2D eigenvalue weighted by molar-refractivity contribution is 6.06. The Kier molecular flexibility index (Phi) is 4.50. The standard InChI is InChI=1S/C21H21N7O2/c1-12-19-15(21(29)23-10-8-18-24-13(2)27-30-18)11-16(14-6-7-14)25-20(19)28(26-12)17-5-3-4-9-22-17/h3-5,9,11,14H,6-8,10H2,1-2H3,(H,23,29). The Hall–Kier alpha value is -3.62. The van der Waals surface area contributed by atoms with E-state index in [1.165, 1.54) is 0 Å². The van der Waals surface area contributed by atoms with Crippen LogP contribution >= 0.6 is 0 Å². The zero-order chi connectivity index (χ0) is 20.7. The number of amides is 1. The van der Waals surface area contributed by atoms with Crippen molar-refractivity contribution in [3.63, 3.8) is 0 Å². The van der Waals surface area contributed by atoms with Crippen LogP contribution in [0.2, 0.25) is 0 Å². The second-order valence-corrected chi connectivity index (χ2v) is 7.49. The molecule has 152 valence electrons. The molecule has 1 fully saturated rings. The van der Waals surface area contributed by atoms with E-state index in [9.17, 15) is 4.79 Å². The Morgan fingerprint density at radius 3 is 2.83 bits per heavy atom. The highest BCUT2D eigenvalue weighted by Crippen LogP contribution is 2.40. The third kappa shape index (κ3) is 3.42. The van der Waals surface area contributed by atoms with E-state index in [0.29, 0.717) is 47.6 Å². The number of nitrogens with one attached hydrogen (secondary N) is 1. The first-order valence-corrected chi connectivity index (χ1v) is 9.99. The van der Waals surface area contributed by atoms with Crippen LogP contribution in [0.15, 0.2) is 35.0 Å². The Morgan fingerprint density at radius 1 is 1.27 bits per heavy atom. The number of hydrogen-bond acceptors (Lipinski definition) is 7. The van der Waals surface area contributed by atoms with Gasteiger partial charge in [-0.3, -0.25) is 4.79 Å². The molecule has 1 N–H and O–H groups in total. The highest BCUT2D eigenvalue weighted by Gasteiger charge is 2.29. The highest BCUT2D eigenvalue weighted by atomic mass is 16.5. The maximum absolute atomic E-state index is 13.1. The summed E-state index contributed by atoms with van der Waals surface area (Å²) in [6.07, 6.45) is 4.37. The van der Waals surface area contributed by atoms with Gasteiger partial charge in [0.25, 0.3) is 5.91 Å². The van der Waals surface area contributed by atoms with Gasteiger partial charge in [0.05, 0.1) is 16.6 Å². The zero-order valence-corrected chi connectivity index (χ0v) is 16.8. The van der Waals surface area contributed by atoms with Gasteiger partial charge in [-0.1, -0.05) is 11.2 Å². The molecule has 30 heavy (non-hydrogen) atoms. The summed E-state index contributed by atoms with van der Waals surface area (Å²) < 4.78 is 6.83. The summed E-state index contributed by atoms with van der Waals surface area (Å²) >= 11 is 0. The number of fused-ring (bicyclic) bond motifs is 1. The monoisotopic (exact) mass is 403 g/mol. The normalized spacial score (nSPS) is 13.7. The summed E-state index contributed by atoms with van der Waals surface area (Å²) in [7, 11) is 0. The molecule has 5 rings (SSSR count). The number of aromatic nitrogens is 6. The summed E-state index contributed by atoms with van der Waals surface area (Å²) in [5, 5.41) is 12.1. The molecule has 0 aliphatic heterocycles. The lowest BCUT2D eigenvalue weighted by Crippen LogP contribution is -2.26. The Morgan fingerprint density at radius 2 is 2.13 bits per heavy atom. The van der Waals surface area contributed by atoms with Gasteiger partial charge in [0.15, 0.2) is 17.3 Å². The molecule has 0 spiro atoms. The van der Waals surface area contributed by atoms with Gasteiger partial charge in [-0.25, -0.2) is 9.97 Å². The minimum atomic E-state index is -0.163. The van der Waals surface area contributed by atoms with Crippen molar-refractivity contribution in [1.29, 1.82) is 0 Å². The molecule has 1 aliphatic rings. The average molecular weight is 403 g/mol. The molecule has 0 radical (unpaired) electrons. The molecule has 1 saturated carbocycles. The SMILES string of the molecule is Cc1noc(CCNC(=O)c2cc(C3CC3)nc3c2c(C)nn3-c2ccccn2)n1. The lowest BCUT2D eigenvalue weighted by Gasteiger charge is -2.09. The molecule has 4 aromatic rings. The predicted octanol–water partition coefficient (Wildman–Crippen LogP) is 2.67. The van der Waals surface area contributed by atoms with Gasteiger partial charge in [0, 0.05) is 30.8 Å². The third-order valence-corrected chi connectivity index (χ3v) is 5.13. The van der Waals surface area contributed by atoms with E-state index in [2.05, 4.69) is 25.5 Å². The Balaban J connectivity index is 1.50. The number of carbonyl (C=O) groups is 1. The summed E-state index contributed by atoms with van der Waals surface area (Å²) in [4.78, 5) is 26.5. The first kappa shape index (κ1) is 18.4. The van der Waals surface area contributed by atoms with Gasteiger partial charge in [-0.2, -0.15) is 14.8 Å². The van der Waals surface area contributed by atoms with Gasteiger partial charge in [0.1, 0.15) is 0 Å². The van der Waals surface area contributed by atoms with E-state index in [1.807, 2.05) is 31.2 Å². The van der Waals surface area contributed by atoms with E-state index >= 15 is 0 Å².